The van der Waals surface area contributed by atoms with E-state index in [0.717, 1.165) is 11.9 Å². The highest BCUT2D eigenvalue weighted by Crippen LogP contribution is 2.32. The average Bonchev–Trinajstić information content (AvgIpc) is 2.94. The molecule has 1 aromatic heterocycles. The molecule has 3 nitrogen and oxygen atoms in total. The maximum absolute atomic E-state index is 11.9. The third-order valence-corrected chi connectivity index (χ3v) is 4.47. The van der Waals surface area contributed by atoms with Gasteiger partial charge in [0, 0.05) is 11.9 Å². The number of rotatable bonds is 4. The van der Waals surface area contributed by atoms with Crippen LogP contribution >= 0.6 is 15.9 Å². The molecule has 1 aromatic rings. The molecular weight excluding hydrogens is 282 g/mol. The van der Waals surface area contributed by atoms with Crippen LogP contribution in [0.5, 0.6) is 0 Å². The van der Waals surface area contributed by atoms with Crippen molar-refractivity contribution in [2.24, 2.45) is 11.8 Å². The van der Waals surface area contributed by atoms with Gasteiger partial charge in [-0.2, -0.15) is 0 Å². The summed E-state index contributed by atoms with van der Waals surface area (Å²) in [6, 6.07) is 1.72. The Morgan fingerprint density at radius 2 is 2.29 bits per heavy atom. The van der Waals surface area contributed by atoms with Crippen LogP contribution < -0.4 is 5.32 Å². The van der Waals surface area contributed by atoms with Crippen LogP contribution in [0.2, 0.25) is 0 Å². The van der Waals surface area contributed by atoms with E-state index in [4.69, 9.17) is 4.42 Å². The van der Waals surface area contributed by atoms with Gasteiger partial charge in [0.1, 0.15) is 5.76 Å². The fourth-order valence-electron chi connectivity index (χ4n) is 2.53. The molecule has 2 atom stereocenters. The van der Waals surface area contributed by atoms with Crippen molar-refractivity contribution >= 4 is 21.8 Å². The summed E-state index contributed by atoms with van der Waals surface area (Å²) in [5.74, 6) is 1.99. The van der Waals surface area contributed by atoms with Crippen molar-refractivity contribution in [1.82, 2.24) is 5.32 Å². The largest absolute Gasteiger partial charge is 0.469 e. The van der Waals surface area contributed by atoms with Gasteiger partial charge in [-0.05, 0) is 37.7 Å². The second kappa shape index (κ2) is 5.71. The highest BCUT2D eigenvalue weighted by Gasteiger charge is 2.26. The Labute approximate surface area is 110 Å². The van der Waals surface area contributed by atoms with Gasteiger partial charge in [-0.15, -0.1) is 0 Å². The SMILES string of the molecule is Cc1occc1C(=O)NCC1CCCC1CBr. The fourth-order valence-corrected chi connectivity index (χ4v) is 3.38. The van der Waals surface area contributed by atoms with Crippen molar-refractivity contribution < 1.29 is 9.21 Å². The van der Waals surface area contributed by atoms with E-state index >= 15 is 0 Å². The van der Waals surface area contributed by atoms with E-state index in [2.05, 4.69) is 21.2 Å². The number of carbonyl (C=O) groups excluding carboxylic acids is 1. The highest BCUT2D eigenvalue weighted by molar-refractivity contribution is 9.09. The van der Waals surface area contributed by atoms with E-state index in [1.165, 1.54) is 19.3 Å². The van der Waals surface area contributed by atoms with Gasteiger partial charge < -0.3 is 9.73 Å². The lowest BCUT2D eigenvalue weighted by Gasteiger charge is -2.17. The molecule has 0 aliphatic heterocycles. The van der Waals surface area contributed by atoms with Gasteiger partial charge in [0.25, 0.3) is 5.91 Å². The highest BCUT2D eigenvalue weighted by atomic mass is 79.9. The molecule has 0 aromatic carbocycles. The van der Waals surface area contributed by atoms with E-state index in [1.807, 2.05) is 6.92 Å². The molecular formula is C13H18BrNO2. The number of furan rings is 1. The van der Waals surface area contributed by atoms with Gasteiger partial charge in [-0.25, -0.2) is 0 Å². The van der Waals surface area contributed by atoms with Gasteiger partial charge in [0.2, 0.25) is 0 Å². The summed E-state index contributed by atoms with van der Waals surface area (Å²) in [5.41, 5.74) is 0.651. The first kappa shape index (κ1) is 12.7. The molecule has 1 amide bonds. The first-order valence-corrected chi connectivity index (χ1v) is 7.22. The molecule has 1 aliphatic carbocycles. The third kappa shape index (κ3) is 2.92. The standard InChI is InChI=1S/C13H18BrNO2/c1-9-12(5-6-17-9)13(16)15-8-11-4-2-3-10(11)7-14/h5-6,10-11H,2-4,7-8H2,1H3,(H,15,16). The average molecular weight is 300 g/mol. The van der Waals surface area contributed by atoms with Gasteiger partial charge in [0.15, 0.2) is 0 Å². The van der Waals surface area contributed by atoms with Crippen LogP contribution in [0, 0.1) is 18.8 Å². The molecule has 0 spiro atoms. The predicted molar refractivity (Wildman–Crippen MR) is 70.4 cm³/mol. The number of aryl methyl sites for hydroxylation is 1. The molecule has 94 valence electrons. The number of halogens is 1. The molecule has 1 N–H and O–H groups in total. The molecule has 17 heavy (non-hydrogen) atoms. The van der Waals surface area contributed by atoms with E-state index in [1.54, 1.807) is 12.3 Å². The number of hydrogen-bond donors (Lipinski definition) is 1. The molecule has 1 saturated carbocycles. The summed E-state index contributed by atoms with van der Waals surface area (Å²) >= 11 is 3.55. The molecule has 1 heterocycles. The predicted octanol–water partition coefficient (Wildman–Crippen LogP) is 3.13. The van der Waals surface area contributed by atoms with Crippen LogP contribution in [0.15, 0.2) is 16.7 Å². The summed E-state index contributed by atoms with van der Waals surface area (Å²) in [4.78, 5) is 11.9. The zero-order valence-corrected chi connectivity index (χ0v) is 11.6. The molecule has 1 aliphatic rings. The molecule has 0 bridgehead atoms. The smallest absolute Gasteiger partial charge is 0.254 e. The molecule has 0 radical (unpaired) electrons. The van der Waals surface area contributed by atoms with Gasteiger partial charge in [0.05, 0.1) is 11.8 Å². The molecule has 4 heteroatoms. The summed E-state index contributed by atoms with van der Waals surface area (Å²) in [6.07, 6.45) is 5.33. The number of amides is 1. The summed E-state index contributed by atoms with van der Waals surface area (Å²) in [5, 5.41) is 4.05. The molecule has 1 fully saturated rings. The number of hydrogen-bond acceptors (Lipinski definition) is 2. The van der Waals surface area contributed by atoms with Crippen LogP contribution in [0.1, 0.15) is 35.4 Å². The van der Waals surface area contributed by atoms with Crippen molar-refractivity contribution in [3.8, 4) is 0 Å². The van der Waals surface area contributed by atoms with Crippen molar-refractivity contribution in [2.45, 2.75) is 26.2 Å². The lowest BCUT2D eigenvalue weighted by molar-refractivity contribution is 0.0943. The normalized spacial score (nSPS) is 23.9. The van der Waals surface area contributed by atoms with Crippen LogP contribution in [0.4, 0.5) is 0 Å². The monoisotopic (exact) mass is 299 g/mol. The van der Waals surface area contributed by atoms with Crippen molar-refractivity contribution in [1.29, 1.82) is 0 Å². The minimum Gasteiger partial charge on any atom is -0.469 e. The Morgan fingerprint density at radius 1 is 1.53 bits per heavy atom. The number of alkyl halides is 1. The summed E-state index contributed by atoms with van der Waals surface area (Å²) in [6.45, 7) is 2.59. The quantitative estimate of drug-likeness (QED) is 0.868. The van der Waals surface area contributed by atoms with E-state index in [9.17, 15) is 4.79 Å². The van der Waals surface area contributed by atoms with E-state index < -0.39 is 0 Å². The minimum absolute atomic E-state index is 0.0172. The Hall–Kier alpha value is -0.770. The second-order valence-corrected chi connectivity index (χ2v) is 5.35. The topological polar surface area (TPSA) is 42.2 Å². The molecule has 2 unspecified atom stereocenters. The van der Waals surface area contributed by atoms with Crippen molar-refractivity contribution in [3.05, 3.63) is 23.7 Å². The molecule has 0 saturated heterocycles. The van der Waals surface area contributed by atoms with Crippen molar-refractivity contribution in [3.63, 3.8) is 0 Å². The first-order valence-electron chi connectivity index (χ1n) is 6.10. The minimum atomic E-state index is -0.0172. The first-order chi connectivity index (χ1) is 8.22. The van der Waals surface area contributed by atoms with Crippen LogP contribution in [-0.2, 0) is 0 Å². The maximum atomic E-state index is 11.9. The number of nitrogens with one attached hydrogen (secondary N) is 1. The van der Waals surface area contributed by atoms with Crippen LogP contribution in [0.25, 0.3) is 0 Å². The third-order valence-electron chi connectivity index (χ3n) is 3.64. The summed E-state index contributed by atoms with van der Waals surface area (Å²) < 4.78 is 5.13. The maximum Gasteiger partial charge on any atom is 0.254 e. The van der Waals surface area contributed by atoms with E-state index in [0.29, 0.717) is 23.2 Å². The van der Waals surface area contributed by atoms with Gasteiger partial charge in [-0.1, -0.05) is 22.4 Å². The van der Waals surface area contributed by atoms with Crippen LogP contribution in [-0.4, -0.2) is 17.8 Å². The zero-order chi connectivity index (χ0) is 12.3. The second-order valence-electron chi connectivity index (χ2n) is 4.71. The molecule has 2 rings (SSSR count). The van der Waals surface area contributed by atoms with Crippen LogP contribution in [0.3, 0.4) is 0 Å². The Bertz CT molecular complexity index is 389. The Morgan fingerprint density at radius 3 is 2.94 bits per heavy atom. The van der Waals surface area contributed by atoms with Gasteiger partial charge in [-0.3, -0.25) is 4.79 Å². The van der Waals surface area contributed by atoms with Gasteiger partial charge >= 0.3 is 0 Å². The Kier molecular flexibility index (Phi) is 4.26. The fraction of sp³-hybridized carbons (Fsp3) is 0.615. The lowest BCUT2D eigenvalue weighted by Crippen LogP contribution is -2.31. The van der Waals surface area contributed by atoms with Crippen molar-refractivity contribution in [2.75, 3.05) is 11.9 Å². The lowest BCUT2D eigenvalue weighted by atomic mass is 9.98. The zero-order valence-electron chi connectivity index (χ0n) is 10.0. The number of carbonyl (C=O) groups is 1. The Balaban J connectivity index is 1.86. The van der Waals surface area contributed by atoms with E-state index in [-0.39, 0.29) is 5.91 Å². The summed E-state index contributed by atoms with van der Waals surface area (Å²) in [7, 11) is 0.